The van der Waals surface area contributed by atoms with Crippen LogP contribution in [0.25, 0.3) is 0 Å². The Morgan fingerprint density at radius 2 is 1.76 bits per heavy atom. The van der Waals surface area contributed by atoms with Crippen molar-refractivity contribution in [2.24, 2.45) is 0 Å². The van der Waals surface area contributed by atoms with Crippen LogP contribution in [0.2, 0.25) is 0 Å². The van der Waals surface area contributed by atoms with Gasteiger partial charge in [-0.05, 0) is 43.4 Å². The maximum atomic E-state index is 13.6. The summed E-state index contributed by atoms with van der Waals surface area (Å²) in [5.41, 5.74) is 1.39. The lowest BCUT2D eigenvalue weighted by atomic mass is 10.1. The van der Waals surface area contributed by atoms with E-state index < -0.39 is 16.1 Å². The van der Waals surface area contributed by atoms with Crippen LogP contribution in [0.4, 0.5) is 5.69 Å². The van der Waals surface area contributed by atoms with Crippen LogP contribution in [0.1, 0.15) is 57.4 Å². The molecule has 38 heavy (non-hydrogen) atoms. The van der Waals surface area contributed by atoms with Crippen molar-refractivity contribution in [1.29, 1.82) is 0 Å². The van der Waals surface area contributed by atoms with Crippen molar-refractivity contribution in [3.8, 4) is 11.5 Å². The molecule has 0 aromatic heterocycles. The normalized spacial score (nSPS) is 15.7. The van der Waals surface area contributed by atoms with E-state index >= 15 is 0 Å². The number of fused-ring (bicyclic) bond motifs is 1. The summed E-state index contributed by atoms with van der Waals surface area (Å²) < 4.78 is 37.2. The van der Waals surface area contributed by atoms with Crippen molar-refractivity contribution < 1.29 is 27.5 Å². The first kappa shape index (κ1) is 27.8. The molecule has 1 heterocycles. The number of hydrogen-bond donors (Lipinski definition) is 1. The molecule has 1 aliphatic heterocycles. The second kappa shape index (κ2) is 12.5. The zero-order chi connectivity index (χ0) is 27.1. The van der Waals surface area contributed by atoms with Gasteiger partial charge in [0.2, 0.25) is 28.6 Å². The maximum absolute atomic E-state index is 13.6. The highest BCUT2D eigenvalue weighted by Crippen LogP contribution is 2.36. The monoisotopic (exact) mass is 543 g/mol. The van der Waals surface area contributed by atoms with Crippen LogP contribution in [0.15, 0.2) is 48.5 Å². The summed E-state index contributed by atoms with van der Waals surface area (Å²) in [5, 5.41) is 3.14. The largest absolute Gasteiger partial charge is 0.454 e. The van der Waals surface area contributed by atoms with Gasteiger partial charge >= 0.3 is 0 Å². The van der Waals surface area contributed by atoms with Gasteiger partial charge in [0.1, 0.15) is 6.04 Å². The summed E-state index contributed by atoms with van der Waals surface area (Å²) in [6, 6.07) is 14.1. The van der Waals surface area contributed by atoms with Gasteiger partial charge in [-0.2, -0.15) is 0 Å². The van der Waals surface area contributed by atoms with Gasteiger partial charge in [0.05, 0.1) is 11.9 Å². The van der Waals surface area contributed by atoms with E-state index in [0.29, 0.717) is 36.6 Å². The van der Waals surface area contributed by atoms with Crippen LogP contribution in [0.5, 0.6) is 11.5 Å². The molecule has 9 nitrogen and oxygen atoms in total. The van der Waals surface area contributed by atoms with Crippen LogP contribution >= 0.6 is 0 Å². The third-order valence-electron chi connectivity index (χ3n) is 7.08. The van der Waals surface area contributed by atoms with Crippen molar-refractivity contribution in [2.45, 2.75) is 70.5 Å². The third kappa shape index (κ3) is 6.98. The second-order valence-electron chi connectivity index (χ2n) is 9.90. The first-order valence-corrected chi connectivity index (χ1v) is 15.1. The standard InChI is InChI=1S/C28H37N3O6S/c1-3-24(28(33)29-22-12-7-8-13-22)30(19-21-10-5-4-6-11-21)27(32)14-9-17-31(38(2,34)35)23-15-16-25-26(18-23)37-20-36-25/h4-6,10-11,15-16,18,22,24H,3,7-9,12-14,17,19-20H2,1-2H3,(H,29,33)/t24-/m1/s1. The molecule has 0 unspecified atom stereocenters. The molecule has 2 aromatic rings. The highest BCUT2D eigenvalue weighted by Gasteiger charge is 2.31. The van der Waals surface area contributed by atoms with Crippen molar-refractivity contribution in [3.63, 3.8) is 0 Å². The fourth-order valence-corrected chi connectivity index (χ4v) is 6.07. The number of benzene rings is 2. The van der Waals surface area contributed by atoms with E-state index in [1.54, 1.807) is 23.1 Å². The lowest BCUT2D eigenvalue weighted by molar-refractivity contribution is -0.141. The Hall–Kier alpha value is -3.27. The summed E-state index contributed by atoms with van der Waals surface area (Å²) in [5.74, 6) is 0.749. The van der Waals surface area contributed by atoms with Crippen molar-refractivity contribution in [1.82, 2.24) is 10.2 Å². The van der Waals surface area contributed by atoms with E-state index in [0.717, 1.165) is 37.5 Å². The number of sulfonamides is 1. The Morgan fingerprint density at radius 3 is 2.45 bits per heavy atom. The number of amides is 2. The smallest absolute Gasteiger partial charge is 0.243 e. The number of hydrogen-bond acceptors (Lipinski definition) is 6. The van der Waals surface area contributed by atoms with Gasteiger partial charge in [0.25, 0.3) is 0 Å². The molecular formula is C28H37N3O6S. The maximum Gasteiger partial charge on any atom is 0.243 e. The zero-order valence-corrected chi connectivity index (χ0v) is 22.9. The van der Waals surface area contributed by atoms with Crippen LogP contribution in [-0.2, 0) is 26.2 Å². The van der Waals surface area contributed by atoms with Gasteiger partial charge in [0.15, 0.2) is 11.5 Å². The van der Waals surface area contributed by atoms with Gasteiger partial charge < -0.3 is 19.7 Å². The molecule has 0 spiro atoms. The van der Waals surface area contributed by atoms with Gasteiger partial charge in [-0.15, -0.1) is 0 Å². The van der Waals surface area contributed by atoms with Gasteiger partial charge in [-0.25, -0.2) is 8.42 Å². The Balaban J connectivity index is 1.46. The van der Waals surface area contributed by atoms with E-state index in [1.807, 2.05) is 37.3 Å². The Kier molecular flexibility index (Phi) is 9.14. The van der Waals surface area contributed by atoms with Crippen LogP contribution in [0.3, 0.4) is 0 Å². The zero-order valence-electron chi connectivity index (χ0n) is 22.1. The van der Waals surface area contributed by atoms with E-state index in [-0.39, 0.29) is 37.6 Å². The highest BCUT2D eigenvalue weighted by atomic mass is 32.2. The molecule has 1 fully saturated rings. The average Bonchev–Trinajstić information content (AvgIpc) is 3.58. The average molecular weight is 544 g/mol. The van der Waals surface area contributed by atoms with Gasteiger partial charge in [-0.1, -0.05) is 50.1 Å². The minimum absolute atomic E-state index is 0.0936. The molecule has 1 atom stereocenters. The van der Waals surface area contributed by atoms with Gasteiger partial charge in [0, 0.05) is 31.6 Å². The molecule has 1 aliphatic carbocycles. The first-order valence-electron chi connectivity index (χ1n) is 13.3. The quantitative estimate of drug-likeness (QED) is 0.436. The molecule has 1 N–H and O–H groups in total. The van der Waals surface area contributed by atoms with Crippen LogP contribution in [0, 0.1) is 0 Å². The number of rotatable bonds is 12. The molecule has 4 rings (SSSR count). The predicted octanol–water partition coefficient (Wildman–Crippen LogP) is 3.83. The van der Waals surface area contributed by atoms with E-state index in [9.17, 15) is 18.0 Å². The first-order chi connectivity index (χ1) is 18.3. The van der Waals surface area contributed by atoms with Crippen LogP contribution < -0.4 is 19.1 Å². The molecule has 206 valence electrons. The van der Waals surface area contributed by atoms with Gasteiger partial charge in [-0.3, -0.25) is 13.9 Å². The number of nitrogens with zero attached hydrogens (tertiary/aromatic N) is 2. The number of nitrogens with one attached hydrogen (secondary N) is 1. The molecule has 2 amide bonds. The Bertz CT molecular complexity index is 1210. The minimum atomic E-state index is -3.60. The molecule has 0 bridgehead atoms. The molecule has 2 aromatic carbocycles. The molecule has 2 aliphatic rings. The predicted molar refractivity (Wildman–Crippen MR) is 145 cm³/mol. The number of anilines is 1. The lowest BCUT2D eigenvalue weighted by Gasteiger charge is -2.32. The molecule has 1 saturated carbocycles. The highest BCUT2D eigenvalue weighted by molar-refractivity contribution is 7.92. The summed E-state index contributed by atoms with van der Waals surface area (Å²) in [7, 11) is -3.60. The van der Waals surface area contributed by atoms with E-state index in [4.69, 9.17) is 9.47 Å². The van der Waals surface area contributed by atoms with Crippen molar-refractivity contribution in [2.75, 3.05) is 23.9 Å². The van der Waals surface area contributed by atoms with Crippen molar-refractivity contribution >= 4 is 27.5 Å². The van der Waals surface area contributed by atoms with E-state index in [1.165, 1.54) is 4.31 Å². The fourth-order valence-electron chi connectivity index (χ4n) is 5.11. The van der Waals surface area contributed by atoms with Crippen LogP contribution in [-0.4, -0.2) is 56.8 Å². The summed E-state index contributed by atoms with van der Waals surface area (Å²) in [6.07, 6.45) is 6.18. The molecule has 0 saturated heterocycles. The number of carbonyl (C=O) groups excluding carboxylic acids is 2. The SMILES string of the molecule is CC[C@H](C(=O)NC1CCCC1)N(Cc1ccccc1)C(=O)CCCN(c1ccc2c(c1)OCO2)S(C)(=O)=O. The summed E-state index contributed by atoms with van der Waals surface area (Å²) in [6.45, 7) is 2.44. The minimum Gasteiger partial charge on any atom is -0.454 e. The fraction of sp³-hybridized carbons (Fsp3) is 0.500. The molecule has 0 radical (unpaired) electrons. The van der Waals surface area contributed by atoms with E-state index in [2.05, 4.69) is 5.32 Å². The number of ether oxygens (including phenoxy) is 2. The lowest BCUT2D eigenvalue weighted by Crippen LogP contribution is -2.51. The topological polar surface area (TPSA) is 105 Å². The summed E-state index contributed by atoms with van der Waals surface area (Å²) in [4.78, 5) is 28.4. The second-order valence-corrected chi connectivity index (χ2v) is 11.8. The number of carbonyl (C=O) groups is 2. The summed E-state index contributed by atoms with van der Waals surface area (Å²) >= 11 is 0. The van der Waals surface area contributed by atoms with Crippen molar-refractivity contribution in [3.05, 3.63) is 54.1 Å². The third-order valence-corrected chi connectivity index (χ3v) is 8.27. The Morgan fingerprint density at radius 1 is 1.05 bits per heavy atom. The Labute approximate surface area is 225 Å². The molecular weight excluding hydrogens is 506 g/mol. The molecule has 10 heteroatoms.